The third kappa shape index (κ3) is 1.99. The summed E-state index contributed by atoms with van der Waals surface area (Å²) in [5, 5.41) is 0.883. The Morgan fingerprint density at radius 1 is 1.19 bits per heavy atom. The molecular weight excluding hydrogens is 226 g/mol. The molecule has 0 atom stereocenters. The number of nitrogens with zero attached hydrogens (tertiary/aromatic N) is 1. The van der Waals surface area contributed by atoms with Crippen LogP contribution in [0.2, 0.25) is 0 Å². The van der Waals surface area contributed by atoms with Gasteiger partial charge < -0.3 is 4.74 Å². The number of fused-ring (bicyclic) bond motifs is 1. The van der Waals surface area contributed by atoms with Crippen molar-refractivity contribution in [2.24, 2.45) is 0 Å². The first-order valence-electron chi connectivity index (χ1n) is 4.65. The molecule has 0 aliphatic carbocycles. The predicted molar refractivity (Wildman–Crippen MR) is 61.4 cm³/mol. The largest absolute Gasteiger partial charge is 0.481 e. The van der Waals surface area contributed by atoms with Gasteiger partial charge in [0.25, 0.3) is 0 Å². The highest BCUT2D eigenvalue weighted by Gasteiger charge is 2.08. The molecule has 1 aromatic carbocycles. The maximum atomic E-state index is 11.4. The smallest absolute Gasteiger partial charge is 0.213 e. The number of methoxy groups -OCH3 is 1. The molecule has 1 aromatic heterocycles. The van der Waals surface area contributed by atoms with Crippen molar-refractivity contribution in [3.05, 3.63) is 30.3 Å². The van der Waals surface area contributed by atoms with Crippen LogP contribution in [-0.2, 0) is 9.84 Å². The molecule has 0 amide bonds. The number of hydrogen-bond donors (Lipinski definition) is 0. The lowest BCUT2D eigenvalue weighted by atomic mass is 10.2. The Balaban J connectivity index is 2.69. The summed E-state index contributed by atoms with van der Waals surface area (Å²) in [6.07, 6.45) is 1.17. The van der Waals surface area contributed by atoms with Crippen LogP contribution in [0, 0.1) is 0 Å². The lowest BCUT2D eigenvalue weighted by Crippen LogP contribution is -1.97. The summed E-state index contributed by atoms with van der Waals surface area (Å²) in [6.45, 7) is 0. The number of rotatable bonds is 2. The van der Waals surface area contributed by atoms with Crippen LogP contribution in [0.15, 0.2) is 35.2 Å². The van der Waals surface area contributed by atoms with Gasteiger partial charge in [-0.05, 0) is 18.2 Å². The Labute approximate surface area is 93.8 Å². The number of pyridine rings is 1. The Morgan fingerprint density at radius 2 is 1.88 bits per heavy atom. The molecule has 0 saturated heterocycles. The van der Waals surface area contributed by atoms with E-state index in [0.29, 0.717) is 11.4 Å². The van der Waals surface area contributed by atoms with Crippen LogP contribution in [0.5, 0.6) is 5.88 Å². The highest BCUT2D eigenvalue weighted by Crippen LogP contribution is 2.20. The third-order valence-corrected chi connectivity index (χ3v) is 3.39. The first-order chi connectivity index (χ1) is 7.50. The summed E-state index contributed by atoms with van der Waals surface area (Å²) in [7, 11) is -1.67. The molecule has 0 radical (unpaired) electrons. The number of benzene rings is 1. The van der Waals surface area contributed by atoms with Crippen LogP contribution < -0.4 is 4.74 Å². The fourth-order valence-electron chi connectivity index (χ4n) is 1.42. The average Bonchev–Trinajstić information content (AvgIpc) is 2.26. The lowest BCUT2D eigenvalue weighted by molar-refractivity contribution is 0.399. The van der Waals surface area contributed by atoms with E-state index in [2.05, 4.69) is 4.98 Å². The van der Waals surface area contributed by atoms with Crippen LogP contribution in [-0.4, -0.2) is 26.8 Å². The average molecular weight is 237 g/mol. The van der Waals surface area contributed by atoms with Crippen LogP contribution >= 0.6 is 0 Å². The molecular formula is C11H11NO3S. The summed E-state index contributed by atoms with van der Waals surface area (Å²) in [5.41, 5.74) is 0.613. The Hall–Kier alpha value is -1.62. The topological polar surface area (TPSA) is 56.3 Å². The zero-order chi connectivity index (χ0) is 11.8. The molecule has 2 rings (SSSR count). The van der Waals surface area contributed by atoms with Crippen molar-refractivity contribution < 1.29 is 13.2 Å². The van der Waals surface area contributed by atoms with Crippen molar-refractivity contribution >= 4 is 20.7 Å². The van der Waals surface area contributed by atoms with Gasteiger partial charge in [-0.15, -0.1) is 0 Å². The fourth-order valence-corrected chi connectivity index (χ4v) is 2.06. The van der Waals surface area contributed by atoms with E-state index in [9.17, 15) is 8.42 Å². The molecule has 0 unspecified atom stereocenters. The summed E-state index contributed by atoms with van der Waals surface area (Å²) in [6, 6.07) is 8.44. The van der Waals surface area contributed by atoms with Gasteiger partial charge in [0, 0.05) is 17.7 Å². The summed E-state index contributed by atoms with van der Waals surface area (Å²) in [5.74, 6) is 0.471. The summed E-state index contributed by atoms with van der Waals surface area (Å²) < 4.78 is 27.7. The third-order valence-electron chi connectivity index (χ3n) is 2.28. The monoisotopic (exact) mass is 237 g/mol. The highest BCUT2D eigenvalue weighted by atomic mass is 32.2. The molecule has 0 aliphatic heterocycles. The van der Waals surface area contributed by atoms with Gasteiger partial charge >= 0.3 is 0 Å². The van der Waals surface area contributed by atoms with E-state index in [1.807, 2.05) is 6.07 Å². The molecule has 5 heteroatoms. The SMILES string of the molecule is COc1ccc2ccc(S(C)(=O)=O)cc2n1. The normalized spacial score (nSPS) is 11.6. The van der Waals surface area contributed by atoms with Gasteiger partial charge in [-0.1, -0.05) is 6.07 Å². The van der Waals surface area contributed by atoms with Crippen LogP contribution in [0.25, 0.3) is 10.9 Å². The molecule has 0 N–H and O–H groups in total. The number of aromatic nitrogens is 1. The van der Waals surface area contributed by atoms with Crippen LogP contribution in [0.4, 0.5) is 0 Å². The van der Waals surface area contributed by atoms with Crippen molar-refractivity contribution in [3.8, 4) is 5.88 Å². The minimum absolute atomic E-state index is 0.265. The standard InChI is InChI=1S/C11H11NO3S/c1-15-11-6-4-8-3-5-9(16(2,13)14)7-10(8)12-11/h3-7H,1-2H3. The maximum Gasteiger partial charge on any atom is 0.213 e. The Morgan fingerprint density at radius 3 is 2.50 bits per heavy atom. The number of sulfone groups is 1. The minimum Gasteiger partial charge on any atom is -0.481 e. The second kappa shape index (κ2) is 3.75. The minimum atomic E-state index is -3.19. The molecule has 0 aliphatic rings. The number of hydrogen-bond acceptors (Lipinski definition) is 4. The molecule has 0 saturated carbocycles. The van der Waals surface area contributed by atoms with Crippen molar-refractivity contribution in [3.63, 3.8) is 0 Å². The van der Waals surface area contributed by atoms with E-state index in [-0.39, 0.29) is 4.90 Å². The van der Waals surface area contributed by atoms with Crippen LogP contribution in [0.1, 0.15) is 0 Å². The number of ether oxygens (including phenoxy) is 1. The Bertz CT molecular complexity index is 635. The van der Waals surface area contributed by atoms with E-state index in [0.717, 1.165) is 5.39 Å². The van der Waals surface area contributed by atoms with Gasteiger partial charge in [-0.3, -0.25) is 0 Å². The molecule has 2 aromatic rings. The molecule has 4 nitrogen and oxygen atoms in total. The second-order valence-corrected chi connectivity index (χ2v) is 5.50. The quantitative estimate of drug-likeness (QED) is 0.796. The lowest BCUT2D eigenvalue weighted by Gasteiger charge is -2.03. The van der Waals surface area contributed by atoms with Crippen molar-refractivity contribution in [2.45, 2.75) is 4.90 Å². The van der Waals surface area contributed by atoms with Crippen molar-refractivity contribution in [1.82, 2.24) is 4.98 Å². The zero-order valence-corrected chi connectivity index (χ0v) is 9.78. The molecule has 16 heavy (non-hydrogen) atoms. The maximum absolute atomic E-state index is 11.4. The van der Waals surface area contributed by atoms with Gasteiger partial charge in [0.15, 0.2) is 9.84 Å². The van der Waals surface area contributed by atoms with Gasteiger partial charge in [0.1, 0.15) is 0 Å². The molecule has 84 valence electrons. The van der Waals surface area contributed by atoms with Crippen molar-refractivity contribution in [1.29, 1.82) is 0 Å². The van der Waals surface area contributed by atoms with Gasteiger partial charge in [0.2, 0.25) is 5.88 Å². The van der Waals surface area contributed by atoms with Gasteiger partial charge in [0.05, 0.1) is 17.5 Å². The first-order valence-corrected chi connectivity index (χ1v) is 6.55. The van der Waals surface area contributed by atoms with E-state index in [4.69, 9.17) is 4.74 Å². The molecule has 0 fully saturated rings. The zero-order valence-electron chi connectivity index (χ0n) is 8.97. The van der Waals surface area contributed by atoms with E-state index >= 15 is 0 Å². The first kappa shape index (κ1) is 10.9. The molecule has 0 spiro atoms. The summed E-state index contributed by atoms with van der Waals surface area (Å²) >= 11 is 0. The summed E-state index contributed by atoms with van der Waals surface area (Å²) in [4.78, 5) is 4.45. The molecule has 1 heterocycles. The Kier molecular flexibility index (Phi) is 2.55. The van der Waals surface area contributed by atoms with E-state index in [1.54, 1.807) is 24.3 Å². The predicted octanol–water partition coefficient (Wildman–Crippen LogP) is 1.65. The molecule has 0 bridgehead atoms. The van der Waals surface area contributed by atoms with E-state index in [1.165, 1.54) is 13.4 Å². The fraction of sp³-hybridized carbons (Fsp3) is 0.182. The van der Waals surface area contributed by atoms with Crippen molar-refractivity contribution in [2.75, 3.05) is 13.4 Å². The van der Waals surface area contributed by atoms with E-state index < -0.39 is 9.84 Å². The van der Waals surface area contributed by atoms with Crippen LogP contribution in [0.3, 0.4) is 0 Å². The van der Waals surface area contributed by atoms with Gasteiger partial charge in [-0.25, -0.2) is 13.4 Å². The second-order valence-electron chi connectivity index (χ2n) is 3.48. The van der Waals surface area contributed by atoms with Gasteiger partial charge in [-0.2, -0.15) is 0 Å². The highest BCUT2D eigenvalue weighted by molar-refractivity contribution is 7.90.